The first-order valence-corrected chi connectivity index (χ1v) is 5.99. The van der Waals surface area contributed by atoms with Crippen molar-refractivity contribution in [3.05, 3.63) is 0 Å². The topological polar surface area (TPSA) is 46.5 Å². The highest BCUT2D eigenvalue weighted by atomic mass is 35.5. The van der Waals surface area contributed by atoms with Crippen LogP contribution in [0.4, 0.5) is 0 Å². The Bertz CT molecular complexity index is 290. The van der Waals surface area contributed by atoms with E-state index in [0.29, 0.717) is 19.3 Å². The van der Waals surface area contributed by atoms with E-state index in [1.54, 1.807) is 0 Å². The molecule has 2 rings (SSSR count). The Kier molecular flexibility index (Phi) is 2.87. The highest BCUT2D eigenvalue weighted by molar-refractivity contribution is 6.45. The molecule has 1 N–H and O–H groups in total. The first-order valence-electron chi connectivity index (χ1n) is 4.74. The lowest BCUT2D eigenvalue weighted by Gasteiger charge is -2.15. The average molecular weight is 274 g/mol. The number of rotatable bonds is 5. The molecule has 0 aliphatic heterocycles. The molecule has 15 heavy (non-hydrogen) atoms. The van der Waals surface area contributed by atoms with Gasteiger partial charge in [-0.25, -0.2) is 4.79 Å². The number of alkyl halides is 3. The van der Waals surface area contributed by atoms with E-state index in [1.807, 2.05) is 0 Å². The van der Waals surface area contributed by atoms with Gasteiger partial charge in [0.2, 0.25) is 0 Å². The second-order valence-electron chi connectivity index (χ2n) is 4.27. The summed E-state index contributed by atoms with van der Waals surface area (Å²) >= 11 is 17.6. The molecule has 0 amide bonds. The molecule has 0 bridgehead atoms. The van der Waals surface area contributed by atoms with Gasteiger partial charge in [-0.15, -0.1) is 34.8 Å². The van der Waals surface area contributed by atoms with Gasteiger partial charge >= 0.3 is 5.97 Å². The molecule has 0 spiro atoms. The van der Waals surface area contributed by atoms with Crippen LogP contribution in [0.3, 0.4) is 0 Å². The zero-order valence-electron chi connectivity index (χ0n) is 7.88. The molecule has 0 aromatic heterocycles. The number of hydrogen-bond donors (Lipinski definition) is 1. The van der Waals surface area contributed by atoms with Crippen LogP contribution in [0.5, 0.6) is 0 Å². The maximum atomic E-state index is 10.8. The lowest BCUT2D eigenvalue weighted by Crippen LogP contribution is -2.30. The van der Waals surface area contributed by atoms with Crippen LogP contribution in [-0.4, -0.2) is 33.0 Å². The number of carboxylic acids is 1. The molecule has 2 unspecified atom stereocenters. The molecule has 0 saturated heterocycles. The van der Waals surface area contributed by atoms with Crippen LogP contribution in [0.1, 0.15) is 19.3 Å². The van der Waals surface area contributed by atoms with Gasteiger partial charge < -0.3 is 9.84 Å². The van der Waals surface area contributed by atoms with Gasteiger partial charge in [0.15, 0.2) is 5.60 Å². The molecular formula is C9H11Cl3O3. The zero-order chi connectivity index (χ0) is 11.3. The maximum Gasteiger partial charge on any atom is 0.335 e. The van der Waals surface area contributed by atoms with Crippen molar-refractivity contribution in [2.24, 2.45) is 5.92 Å². The van der Waals surface area contributed by atoms with Gasteiger partial charge in [0, 0.05) is 5.92 Å². The number of carboxylic acid groups (broad SMARTS) is 1. The summed E-state index contributed by atoms with van der Waals surface area (Å²) in [6, 6.07) is 0. The van der Waals surface area contributed by atoms with Gasteiger partial charge in [0.05, 0.1) is 11.5 Å². The molecule has 2 saturated carbocycles. The largest absolute Gasteiger partial charge is 0.479 e. The van der Waals surface area contributed by atoms with Crippen molar-refractivity contribution in [2.45, 2.75) is 34.6 Å². The van der Waals surface area contributed by atoms with E-state index in [2.05, 4.69) is 0 Å². The quantitative estimate of drug-likeness (QED) is 0.783. The van der Waals surface area contributed by atoms with Crippen molar-refractivity contribution in [3.63, 3.8) is 0 Å². The molecule has 0 aromatic carbocycles. The molecule has 0 aromatic rings. The highest BCUT2D eigenvalue weighted by Gasteiger charge is 2.60. The second-order valence-corrected chi connectivity index (χ2v) is 6.18. The zero-order valence-corrected chi connectivity index (χ0v) is 10.1. The summed E-state index contributed by atoms with van der Waals surface area (Å²) in [7, 11) is 0. The van der Waals surface area contributed by atoms with E-state index in [1.165, 1.54) is 0 Å². The predicted octanol–water partition coefficient (Wildman–Crippen LogP) is 2.42. The van der Waals surface area contributed by atoms with E-state index in [-0.39, 0.29) is 12.5 Å². The van der Waals surface area contributed by atoms with Gasteiger partial charge in [-0.2, -0.15) is 0 Å². The Morgan fingerprint density at radius 1 is 1.53 bits per heavy atom. The monoisotopic (exact) mass is 272 g/mol. The Balaban J connectivity index is 1.83. The summed E-state index contributed by atoms with van der Waals surface area (Å²) in [5.74, 6) is -0.902. The minimum absolute atomic E-state index is 0.00657. The van der Waals surface area contributed by atoms with Crippen molar-refractivity contribution < 1.29 is 14.6 Å². The molecule has 0 radical (unpaired) electrons. The highest BCUT2D eigenvalue weighted by Crippen LogP contribution is 2.55. The molecule has 2 fully saturated rings. The Labute approximate surface area is 103 Å². The molecule has 3 nitrogen and oxygen atoms in total. The lowest BCUT2D eigenvalue weighted by atomic mass is 10.3. The number of aliphatic carboxylic acids is 1. The third kappa shape index (κ3) is 2.21. The second kappa shape index (κ2) is 3.66. The van der Waals surface area contributed by atoms with Gasteiger partial charge in [-0.3, -0.25) is 0 Å². The van der Waals surface area contributed by atoms with Crippen molar-refractivity contribution in [2.75, 3.05) is 6.61 Å². The molecule has 0 heterocycles. The summed E-state index contributed by atoms with van der Waals surface area (Å²) in [4.78, 5) is 9.75. The number of carbonyl (C=O) groups is 1. The van der Waals surface area contributed by atoms with Crippen LogP contribution in [0.25, 0.3) is 0 Å². The third-order valence-electron chi connectivity index (χ3n) is 3.05. The summed E-state index contributed by atoms with van der Waals surface area (Å²) in [5.41, 5.74) is -0.983. The minimum atomic E-state index is -0.983. The third-order valence-corrected chi connectivity index (χ3v) is 4.20. The van der Waals surface area contributed by atoms with Gasteiger partial charge in [-0.1, -0.05) is 0 Å². The smallest absolute Gasteiger partial charge is 0.335 e. The van der Waals surface area contributed by atoms with Crippen LogP contribution >= 0.6 is 34.8 Å². The number of hydrogen-bond acceptors (Lipinski definition) is 2. The number of ether oxygens (including phenoxy) is 1. The standard InChI is InChI=1S/C9H11Cl3O3/c10-6(11)5-3-8(5,12)4-15-9(1-2-9)7(13)14/h5-6H,1-4H2,(H,13,14). The van der Waals surface area contributed by atoms with Gasteiger partial charge in [-0.05, 0) is 19.3 Å². The van der Waals surface area contributed by atoms with Crippen LogP contribution in [0.2, 0.25) is 0 Å². The van der Waals surface area contributed by atoms with Crippen molar-refractivity contribution in [1.29, 1.82) is 0 Å². The minimum Gasteiger partial charge on any atom is -0.479 e. The van der Waals surface area contributed by atoms with E-state index in [4.69, 9.17) is 44.6 Å². The van der Waals surface area contributed by atoms with Gasteiger partial charge in [0.25, 0.3) is 0 Å². The molecular weight excluding hydrogens is 262 g/mol. The van der Waals surface area contributed by atoms with E-state index in [0.717, 1.165) is 0 Å². The fourth-order valence-electron chi connectivity index (χ4n) is 1.58. The van der Waals surface area contributed by atoms with E-state index >= 15 is 0 Å². The summed E-state index contributed by atoms with van der Waals surface area (Å²) in [5, 5.41) is 8.88. The van der Waals surface area contributed by atoms with Crippen LogP contribution in [0.15, 0.2) is 0 Å². The number of halogens is 3. The summed E-state index contributed by atoms with van der Waals surface area (Å²) in [6.07, 6.45) is 1.80. The van der Waals surface area contributed by atoms with Crippen molar-refractivity contribution in [3.8, 4) is 0 Å². The normalized spacial score (nSPS) is 36.7. The molecule has 6 heteroatoms. The first-order chi connectivity index (χ1) is 6.90. The Hall–Kier alpha value is 0.300. The van der Waals surface area contributed by atoms with Crippen LogP contribution in [0, 0.1) is 5.92 Å². The summed E-state index contributed by atoms with van der Waals surface area (Å²) in [6.45, 7) is 0.210. The molecule has 2 aliphatic rings. The predicted molar refractivity (Wildman–Crippen MR) is 57.7 cm³/mol. The maximum absolute atomic E-state index is 10.8. The van der Waals surface area contributed by atoms with E-state index < -0.39 is 21.3 Å². The molecule has 2 aliphatic carbocycles. The van der Waals surface area contributed by atoms with Crippen LogP contribution in [-0.2, 0) is 9.53 Å². The van der Waals surface area contributed by atoms with Crippen molar-refractivity contribution >= 4 is 40.8 Å². The lowest BCUT2D eigenvalue weighted by molar-refractivity contribution is -0.153. The fourth-order valence-corrected chi connectivity index (χ4v) is 2.72. The van der Waals surface area contributed by atoms with Gasteiger partial charge in [0.1, 0.15) is 4.84 Å². The van der Waals surface area contributed by atoms with Crippen molar-refractivity contribution in [1.82, 2.24) is 0 Å². The van der Waals surface area contributed by atoms with Crippen LogP contribution < -0.4 is 0 Å². The SMILES string of the molecule is O=C(O)C1(OCC2(Cl)CC2C(Cl)Cl)CC1. The molecule has 86 valence electrons. The average Bonchev–Trinajstić information content (AvgIpc) is 2.97. The first kappa shape index (κ1) is 11.8. The van der Waals surface area contributed by atoms with E-state index in [9.17, 15) is 4.79 Å². The Morgan fingerprint density at radius 2 is 2.13 bits per heavy atom. The Morgan fingerprint density at radius 3 is 2.47 bits per heavy atom. The fraction of sp³-hybridized carbons (Fsp3) is 0.889. The summed E-state index contributed by atoms with van der Waals surface area (Å²) < 4.78 is 5.36. The molecule has 2 atom stereocenters.